The van der Waals surface area contributed by atoms with Crippen molar-refractivity contribution in [2.75, 3.05) is 33.0 Å². The Bertz CT molecular complexity index is 192. The highest BCUT2D eigenvalue weighted by Gasteiger charge is 2.12. The second-order valence-corrected chi connectivity index (χ2v) is 3.00. The summed E-state index contributed by atoms with van der Waals surface area (Å²) in [6.45, 7) is 6.98. The number of ether oxygens (including phenoxy) is 2. The van der Waals surface area contributed by atoms with E-state index in [1.165, 1.54) is 13.8 Å². The van der Waals surface area contributed by atoms with Crippen molar-refractivity contribution in [2.45, 2.75) is 20.8 Å². The first-order valence-corrected chi connectivity index (χ1v) is 5.03. The Labute approximate surface area is 90.3 Å². The van der Waals surface area contributed by atoms with Crippen LogP contribution in [-0.4, -0.2) is 49.7 Å². The molecule has 0 aromatic rings. The van der Waals surface area contributed by atoms with E-state index in [4.69, 9.17) is 9.47 Å². The molecule has 0 atom stereocenters. The van der Waals surface area contributed by atoms with E-state index in [-0.39, 0.29) is 11.8 Å². The van der Waals surface area contributed by atoms with Crippen molar-refractivity contribution in [2.24, 2.45) is 0 Å². The van der Waals surface area contributed by atoms with E-state index in [1.54, 1.807) is 0 Å². The lowest BCUT2D eigenvalue weighted by atomic mass is 10.4. The van der Waals surface area contributed by atoms with Gasteiger partial charge in [-0.05, 0) is 6.92 Å². The van der Waals surface area contributed by atoms with Crippen LogP contribution in [0, 0.1) is 0 Å². The maximum Gasteiger partial charge on any atom is 0.226 e. The van der Waals surface area contributed by atoms with E-state index < -0.39 is 0 Å². The number of hydrogen-bond acceptors (Lipinski definition) is 4. The van der Waals surface area contributed by atoms with Gasteiger partial charge in [-0.1, -0.05) is 0 Å². The topological polar surface area (TPSA) is 55.8 Å². The molecule has 5 nitrogen and oxygen atoms in total. The Hall–Kier alpha value is -0.940. The summed E-state index contributed by atoms with van der Waals surface area (Å²) in [6.07, 6.45) is 0. The summed E-state index contributed by atoms with van der Waals surface area (Å²) in [5, 5.41) is 0. The third-order valence-corrected chi connectivity index (χ3v) is 1.80. The Balaban J connectivity index is 3.55. The molecule has 5 heteroatoms. The van der Waals surface area contributed by atoms with Gasteiger partial charge in [-0.2, -0.15) is 0 Å². The molecule has 0 aliphatic carbocycles. The smallest absolute Gasteiger partial charge is 0.226 e. The van der Waals surface area contributed by atoms with Crippen molar-refractivity contribution in [1.82, 2.24) is 4.90 Å². The fraction of sp³-hybridized carbons (Fsp3) is 0.800. The minimum absolute atomic E-state index is 0.254. The second kappa shape index (κ2) is 8.38. The van der Waals surface area contributed by atoms with E-state index in [0.717, 1.165) is 4.90 Å². The van der Waals surface area contributed by atoms with Crippen LogP contribution in [0.25, 0.3) is 0 Å². The molecule has 88 valence electrons. The predicted molar refractivity (Wildman–Crippen MR) is 55.4 cm³/mol. The van der Waals surface area contributed by atoms with E-state index in [0.29, 0.717) is 33.0 Å². The molecule has 0 unspecified atom stereocenters. The van der Waals surface area contributed by atoms with Crippen LogP contribution in [0.2, 0.25) is 0 Å². The van der Waals surface area contributed by atoms with Crippen molar-refractivity contribution < 1.29 is 19.1 Å². The monoisotopic (exact) mass is 217 g/mol. The fourth-order valence-electron chi connectivity index (χ4n) is 1.06. The zero-order valence-electron chi connectivity index (χ0n) is 9.62. The Morgan fingerprint density at radius 2 is 1.53 bits per heavy atom. The molecule has 0 fully saturated rings. The van der Waals surface area contributed by atoms with Crippen molar-refractivity contribution >= 4 is 11.8 Å². The Kier molecular flexibility index (Phi) is 7.85. The van der Waals surface area contributed by atoms with Gasteiger partial charge in [0.05, 0.1) is 26.4 Å². The quantitative estimate of drug-likeness (QED) is 0.580. The number of nitrogens with zero attached hydrogens (tertiary/aromatic N) is 1. The van der Waals surface area contributed by atoms with Crippen LogP contribution < -0.4 is 0 Å². The first kappa shape index (κ1) is 14.1. The van der Waals surface area contributed by atoms with Crippen LogP contribution in [0.1, 0.15) is 20.8 Å². The minimum Gasteiger partial charge on any atom is -0.379 e. The van der Waals surface area contributed by atoms with Gasteiger partial charge < -0.3 is 9.47 Å². The van der Waals surface area contributed by atoms with Gasteiger partial charge in [0.15, 0.2) is 0 Å². The van der Waals surface area contributed by atoms with E-state index in [2.05, 4.69) is 0 Å². The number of hydrogen-bond donors (Lipinski definition) is 0. The molecular formula is C10H19NO4. The molecule has 0 aliphatic rings. The van der Waals surface area contributed by atoms with Gasteiger partial charge in [0.25, 0.3) is 0 Å². The third-order valence-electron chi connectivity index (χ3n) is 1.80. The molecule has 0 spiro atoms. The van der Waals surface area contributed by atoms with Gasteiger partial charge in [0.1, 0.15) is 0 Å². The maximum absolute atomic E-state index is 11.0. The van der Waals surface area contributed by atoms with Crippen molar-refractivity contribution in [3.63, 3.8) is 0 Å². The average Bonchev–Trinajstić information content (AvgIpc) is 2.15. The number of imide groups is 1. The van der Waals surface area contributed by atoms with Gasteiger partial charge in [0, 0.05) is 20.5 Å². The molecule has 2 amide bonds. The summed E-state index contributed by atoms with van der Waals surface area (Å²) in [5.41, 5.74) is 0. The Morgan fingerprint density at radius 3 is 2.00 bits per heavy atom. The molecule has 0 rings (SSSR count). The fourth-order valence-corrected chi connectivity index (χ4v) is 1.06. The summed E-state index contributed by atoms with van der Waals surface area (Å²) < 4.78 is 10.3. The van der Waals surface area contributed by atoms with Crippen LogP contribution in [0.15, 0.2) is 0 Å². The molecule has 0 saturated heterocycles. The van der Waals surface area contributed by atoms with E-state index in [9.17, 15) is 9.59 Å². The number of carbonyl (C=O) groups excluding carboxylic acids is 2. The zero-order chi connectivity index (χ0) is 11.7. The molecule has 0 aromatic heterocycles. The van der Waals surface area contributed by atoms with Gasteiger partial charge in [0.2, 0.25) is 11.8 Å². The van der Waals surface area contributed by atoms with Gasteiger partial charge in [-0.15, -0.1) is 0 Å². The predicted octanol–water partition coefficient (Wildman–Crippen LogP) is 0.435. The Morgan fingerprint density at radius 1 is 1.00 bits per heavy atom. The van der Waals surface area contributed by atoms with Crippen molar-refractivity contribution in [3.05, 3.63) is 0 Å². The van der Waals surface area contributed by atoms with Gasteiger partial charge in [-0.3, -0.25) is 14.5 Å². The van der Waals surface area contributed by atoms with Crippen LogP contribution in [-0.2, 0) is 19.1 Å². The lowest BCUT2D eigenvalue weighted by Crippen LogP contribution is -2.36. The highest BCUT2D eigenvalue weighted by molar-refractivity contribution is 5.92. The second-order valence-electron chi connectivity index (χ2n) is 3.00. The summed E-state index contributed by atoms with van der Waals surface area (Å²) in [4.78, 5) is 23.1. The van der Waals surface area contributed by atoms with Crippen LogP contribution in [0.5, 0.6) is 0 Å². The summed E-state index contributed by atoms with van der Waals surface area (Å²) >= 11 is 0. The minimum atomic E-state index is -0.254. The normalized spacial score (nSPS) is 10.1. The number of carbonyl (C=O) groups is 2. The molecule has 0 saturated carbocycles. The maximum atomic E-state index is 11.0. The summed E-state index contributed by atoms with van der Waals surface area (Å²) in [5.74, 6) is -0.508. The highest BCUT2D eigenvalue weighted by atomic mass is 16.5. The SMILES string of the molecule is CCOCCOCCN(C(C)=O)C(C)=O. The lowest BCUT2D eigenvalue weighted by Gasteiger charge is -2.16. The van der Waals surface area contributed by atoms with E-state index in [1.807, 2.05) is 6.92 Å². The molecule has 0 aromatic carbocycles. The van der Waals surface area contributed by atoms with Crippen molar-refractivity contribution in [1.29, 1.82) is 0 Å². The molecule has 0 bridgehead atoms. The summed E-state index contributed by atoms with van der Waals surface area (Å²) in [6, 6.07) is 0. The average molecular weight is 217 g/mol. The van der Waals surface area contributed by atoms with Gasteiger partial charge in [-0.25, -0.2) is 0 Å². The zero-order valence-corrected chi connectivity index (χ0v) is 9.62. The summed E-state index contributed by atoms with van der Waals surface area (Å²) in [7, 11) is 0. The van der Waals surface area contributed by atoms with Crippen LogP contribution in [0.3, 0.4) is 0 Å². The van der Waals surface area contributed by atoms with Crippen molar-refractivity contribution in [3.8, 4) is 0 Å². The van der Waals surface area contributed by atoms with Crippen LogP contribution >= 0.6 is 0 Å². The van der Waals surface area contributed by atoms with E-state index >= 15 is 0 Å². The number of amides is 2. The third kappa shape index (κ3) is 7.04. The molecule has 0 aliphatic heterocycles. The molecule has 0 radical (unpaired) electrons. The van der Waals surface area contributed by atoms with Gasteiger partial charge >= 0.3 is 0 Å². The standard InChI is InChI=1S/C10H19NO4/c1-4-14-7-8-15-6-5-11(9(2)12)10(3)13/h4-8H2,1-3H3. The first-order chi connectivity index (χ1) is 7.09. The largest absolute Gasteiger partial charge is 0.379 e. The first-order valence-electron chi connectivity index (χ1n) is 5.03. The molecular weight excluding hydrogens is 198 g/mol. The molecule has 0 heterocycles. The molecule has 0 N–H and O–H groups in total. The van der Waals surface area contributed by atoms with Crippen LogP contribution in [0.4, 0.5) is 0 Å². The highest BCUT2D eigenvalue weighted by Crippen LogP contribution is 1.91. The molecule has 15 heavy (non-hydrogen) atoms. The lowest BCUT2D eigenvalue weighted by molar-refractivity contribution is -0.143. The number of rotatable bonds is 7.